The summed E-state index contributed by atoms with van der Waals surface area (Å²) in [5.74, 6) is 0.158. The van der Waals surface area contributed by atoms with Crippen molar-refractivity contribution >= 4 is 11.9 Å². The molecule has 0 bridgehead atoms. The second-order valence-corrected chi connectivity index (χ2v) is 7.55. The molecule has 0 saturated heterocycles. The highest BCUT2D eigenvalue weighted by molar-refractivity contribution is 5.78. The zero-order valence-electron chi connectivity index (χ0n) is 16.8. The number of fused-ring (bicyclic) bond motifs is 1. The first kappa shape index (κ1) is 19.9. The summed E-state index contributed by atoms with van der Waals surface area (Å²) in [7, 11) is 0. The summed E-state index contributed by atoms with van der Waals surface area (Å²) in [6.45, 7) is 8.84. The van der Waals surface area contributed by atoms with Crippen molar-refractivity contribution in [1.29, 1.82) is 0 Å². The Balaban J connectivity index is 1.44. The topological polar surface area (TPSA) is 97.1 Å². The lowest BCUT2D eigenvalue weighted by Gasteiger charge is -2.29. The van der Waals surface area contributed by atoms with E-state index in [1.165, 1.54) is 0 Å². The predicted octanol–water partition coefficient (Wildman–Crippen LogP) is 1.36. The Hall–Kier alpha value is -2.84. The first-order valence-corrected chi connectivity index (χ1v) is 9.78. The quantitative estimate of drug-likeness (QED) is 0.750. The molecule has 1 aliphatic heterocycles. The highest BCUT2D eigenvalue weighted by Gasteiger charge is 2.23. The molecule has 0 unspecified atom stereocenters. The number of hydrogen-bond donors (Lipinski definition) is 2. The standard InChI is InChI=1S/C19H29N7O2/c1-14(2)18(27)24-9-10-26-17(13-24)11-16(23-26)12-20-19(28)22-15(3)5-8-25-7-4-6-21-25/h4,6-7,11,14-15H,5,8-10,12-13H2,1-3H3,(H2,20,22,28)/t15-/m1/s1. The molecule has 28 heavy (non-hydrogen) atoms. The molecule has 3 rings (SSSR count). The van der Waals surface area contributed by atoms with E-state index in [0.717, 1.165) is 24.4 Å². The van der Waals surface area contributed by atoms with Crippen molar-refractivity contribution in [2.24, 2.45) is 5.92 Å². The molecule has 1 atom stereocenters. The Morgan fingerprint density at radius 2 is 2.07 bits per heavy atom. The Kier molecular flexibility index (Phi) is 6.33. The second-order valence-electron chi connectivity index (χ2n) is 7.55. The van der Waals surface area contributed by atoms with Gasteiger partial charge in [-0.3, -0.25) is 14.2 Å². The number of aryl methyl sites for hydroxylation is 1. The van der Waals surface area contributed by atoms with Crippen LogP contribution in [0.5, 0.6) is 0 Å². The van der Waals surface area contributed by atoms with Crippen molar-refractivity contribution in [3.63, 3.8) is 0 Å². The van der Waals surface area contributed by atoms with Crippen LogP contribution >= 0.6 is 0 Å². The number of nitrogens with zero attached hydrogens (tertiary/aromatic N) is 5. The van der Waals surface area contributed by atoms with Crippen LogP contribution in [0.1, 0.15) is 38.6 Å². The summed E-state index contributed by atoms with van der Waals surface area (Å²) in [6, 6.07) is 3.67. The number of urea groups is 1. The Morgan fingerprint density at radius 1 is 1.25 bits per heavy atom. The maximum atomic E-state index is 12.2. The largest absolute Gasteiger partial charge is 0.336 e. The van der Waals surface area contributed by atoms with Crippen LogP contribution in [-0.4, -0.2) is 49.0 Å². The van der Waals surface area contributed by atoms with Gasteiger partial charge in [-0.1, -0.05) is 13.8 Å². The van der Waals surface area contributed by atoms with Gasteiger partial charge < -0.3 is 15.5 Å². The second kappa shape index (κ2) is 8.90. The highest BCUT2D eigenvalue weighted by atomic mass is 16.2. The third kappa shape index (κ3) is 5.11. The number of nitrogens with one attached hydrogen (secondary N) is 2. The number of carbonyl (C=O) groups is 2. The monoisotopic (exact) mass is 387 g/mol. The summed E-state index contributed by atoms with van der Waals surface area (Å²) in [6.07, 6.45) is 4.45. The van der Waals surface area contributed by atoms with Crippen LogP contribution < -0.4 is 10.6 Å². The van der Waals surface area contributed by atoms with E-state index in [4.69, 9.17) is 0 Å². The normalized spacial score (nSPS) is 14.6. The SMILES string of the molecule is CC(C)C(=O)N1CCn2nc(CNC(=O)N[C@H](C)CCn3cccn3)cc2C1. The molecule has 2 aromatic rings. The molecule has 9 nitrogen and oxygen atoms in total. The van der Waals surface area contributed by atoms with Gasteiger partial charge in [0.05, 0.1) is 31.0 Å². The molecule has 3 heterocycles. The zero-order chi connectivity index (χ0) is 20.1. The average molecular weight is 387 g/mol. The molecular weight excluding hydrogens is 358 g/mol. The maximum absolute atomic E-state index is 12.2. The van der Waals surface area contributed by atoms with Crippen molar-refractivity contribution in [3.05, 3.63) is 35.9 Å². The molecule has 1 aliphatic rings. The van der Waals surface area contributed by atoms with E-state index in [-0.39, 0.29) is 23.9 Å². The van der Waals surface area contributed by atoms with E-state index >= 15 is 0 Å². The minimum absolute atomic E-state index is 0.00501. The van der Waals surface area contributed by atoms with E-state index in [0.29, 0.717) is 26.2 Å². The van der Waals surface area contributed by atoms with Crippen molar-refractivity contribution < 1.29 is 9.59 Å². The lowest BCUT2D eigenvalue weighted by Crippen LogP contribution is -2.41. The van der Waals surface area contributed by atoms with Crippen LogP contribution in [-0.2, 0) is 31.0 Å². The van der Waals surface area contributed by atoms with E-state index in [9.17, 15) is 9.59 Å². The molecule has 152 valence electrons. The summed E-state index contributed by atoms with van der Waals surface area (Å²) >= 11 is 0. The zero-order valence-corrected chi connectivity index (χ0v) is 16.8. The number of aromatic nitrogens is 4. The van der Waals surface area contributed by atoms with Crippen LogP contribution in [0.4, 0.5) is 4.79 Å². The molecule has 0 saturated carbocycles. The summed E-state index contributed by atoms with van der Waals surface area (Å²) in [4.78, 5) is 26.2. The lowest BCUT2D eigenvalue weighted by molar-refractivity contribution is -0.136. The molecule has 0 spiro atoms. The van der Waals surface area contributed by atoms with Crippen molar-refractivity contribution in [2.75, 3.05) is 6.54 Å². The molecular formula is C19H29N7O2. The van der Waals surface area contributed by atoms with Gasteiger partial charge in [0, 0.05) is 37.4 Å². The number of hydrogen-bond acceptors (Lipinski definition) is 4. The minimum Gasteiger partial charge on any atom is -0.336 e. The van der Waals surface area contributed by atoms with E-state index in [1.54, 1.807) is 6.20 Å². The van der Waals surface area contributed by atoms with Crippen LogP contribution in [0.3, 0.4) is 0 Å². The van der Waals surface area contributed by atoms with E-state index in [1.807, 2.05) is 53.4 Å². The molecule has 2 N–H and O–H groups in total. The minimum atomic E-state index is -0.212. The summed E-state index contributed by atoms with van der Waals surface area (Å²) in [5, 5.41) is 14.5. The van der Waals surface area contributed by atoms with Gasteiger partial charge >= 0.3 is 6.03 Å². The first-order valence-electron chi connectivity index (χ1n) is 9.78. The van der Waals surface area contributed by atoms with Crippen LogP contribution in [0.25, 0.3) is 0 Å². The summed E-state index contributed by atoms with van der Waals surface area (Å²) in [5.41, 5.74) is 1.80. The van der Waals surface area contributed by atoms with Gasteiger partial charge in [-0.15, -0.1) is 0 Å². The van der Waals surface area contributed by atoms with Gasteiger partial charge in [0.1, 0.15) is 0 Å². The molecule has 2 aromatic heterocycles. The van der Waals surface area contributed by atoms with Gasteiger partial charge in [0.2, 0.25) is 5.91 Å². The maximum Gasteiger partial charge on any atom is 0.315 e. The highest BCUT2D eigenvalue weighted by Crippen LogP contribution is 2.16. The third-order valence-corrected chi connectivity index (χ3v) is 4.81. The Morgan fingerprint density at radius 3 is 2.79 bits per heavy atom. The van der Waals surface area contributed by atoms with Crippen LogP contribution in [0.15, 0.2) is 24.5 Å². The first-order chi connectivity index (χ1) is 13.4. The van der Waals surface area contributed by atoms with E-state index < -0.39 is 0 Å². The average Bonchev–Trinajstić information content (AvgIpc) is 3.32. The fourth-order valence-electron chi connectivity index (χ4n) is 3.24. The summed E-state index contributed by atoms with van der Waals surface area (Å²) < 4.78 is 3.77. The molecule has 9 heteroatoms. The molecule has 3 amide bonds. The van der Waals surface area contributed by atoms with Gasteiger partial charge in [-0.2, -0.15) is 10.2 Å². The van der Waals surface area contributed by atoms with Crippen LogP contribution in [0, 0.1) is 5.92 Å². The third-order valence-electron chi connectivity index (χ3n) is 4.81. The molecule has 0 radical (unpaired) electrons. The molecule has 0 aromatic carbocycles. The fourth-order valence-corrected chi connectivity index (χ4v) is 3.24. The molecule has 0 aliphatic carbocycles. The Bertz CT molecular complexity index is 797. The van der Waals surface area contributed by atoms with Gasteiger partial charge in [0.25, 0.3) is 0 Å². The van der Waals surface area contributed by atoms with Gasteiger partial charge in [-0.05, 0) is 25.5 Å². The Labute approximate surface area is 165 Å². The number of rotatable bonds is 7. The smallest absolute Gasteiger partial charge is 0.315 e. The lowest BCUT2D eigenvalue weighted by atomic mass is 10.1. The molecule has 0 fully saturated rings. The van der Waals surface area contributed by atoms with Gasteiger partial charge in [-0.25, -0.2) is 4.79 Å². The fraction of sp³-hybridized carbons (Fsp3) is 0.579. The predicted molar refractivity (Wildman–Crippen MR) is 104 cm³/mol. The number of carbonyl (C=O) groups excluding carboxylic acids is 2. The van der Waals surface area contributed by atoms with E-state index in [2.05, 4.69) is 20.8 Å². The van der Waals surface area contributed by atoms with Crippen molar-refractivity contribution in [3.8, 4) is 0 Å². The van der Waals surface area contributed by atoms with Crippen molar-refractivity contribution in [2.45, 2.75) is 59.4 Å². The number of amides is 3. The van der Waals surface area contributed by atoms with Gasteiger partial charge in [0.15, 0.2) is 0 Å². The van der Waals surface area contributed by atoms with Crippen molar-refractivity contribution in [1.82, 2.24) is 35.1 Å². The van der Waals surface area contributed by atoms with Crippen LogP contribution in [0.2, 0.25) is 0 Å².